The number of hydrogen-bond acceptors (Lipinski definition) is 3. The summed E-state index contributed by atoms with van der Waals surface area (Å²) in [6, 6.07) is 13.9. The van der Waals surface area contributed by atoms with Gasteiger partial charge in [0.15, 0.2) is 5.78 Å². The van der Waals surface area contributed by atoms with Gasteiger partial charge in [-0.2, -0.15) is 0 Å². The van der Waals surface area contributed by atoms with Crippen molar-refractivity contribution < 1.29 is 4.79 Å². The van der Waals surface area contributed by atoms with Crippen molar-refractivity contribution in [3.05, 3.63) is 79.4 Å². The average molecular weight is 387 g/mol. The van der Waals surface area contributed by atoms with Gasteiger partial charge in [0.25, 0.3) is 5.56 Å². The number of nitrogens with zero attached hydrogens (tertiary/aromatic N) is 2. The number of rotatable bonds is 4. The summed E-state index contributed by atoms with van der Waals surface area (Å²) < 4.78 is 3.25. The normalized spacial score (nSPS) is 10.9. The van der Waals surface area contributed by atoms with E-state index in [0.717, 1.165) is 9.04 Å². The highest BCUT2D eigenvalue weighted by molar-refractivity contribution is 9.10. The lowest BCUT2D eigenvalue weighted by atomic mass is 10.1. The predicted octanol–water partition coefficient (Wildman–Crippen LogP) is 2.83. The molecule has 3 aromatic rings. The quantitative estimate of drug-likeness (QED) is 0.647. The molecule has 0 aliphatic carbocycles. The van der Waals surface area contributed by atoms with E-state index in [1.54, 1.807) is 49.4 Å². The van der Waals surface area contributed by atoms with Gasteiger partial charge in [-0.1, -0.05) is 46.3 Å². The fourth-order valence-electron chi connectivity index (χ4n) is 2.69. The van der Waals surface area contributed by atoms with Crippen LogP contribution in [-0.4, -0.2) is 14.9 Å². The van der Waals surface area contributed by atoms with Crippen LogP contribution in [0.2, 0.25) is 0 Å². The highest BCUT2D eigenvalue weighted by Gasteiger charge is 2.15. The lowest BCUT2D eigenvalue weighted by Gasteiger charge is -2.13. The molecule has 122 valence electrons. The Morgan fingerprint density at radius 2 is 1.75 bits per heavy atom. The Morgan fingerprint density at radius 1 is 1.04 bits per heavy atom. The second kappa shape index (κ2) is 6.57. The van der Waals surface area contributed by atoms with Crippen LogP contribution in [0.5, 0.6) is 0 Å². The smallest absolute Gasteiger partial charge is 0.292 e. The first-order chi connectivity index (χ1) is 11.5. The third-order valence-electron chi connectivity index (χ3n) is 3.90. The highest BCUT2D eigenvalue weighted by Crippen LogP contribution is 2.16. The number of benzene rings is 2. The van der Waals surface area contributed by atoms with Crippen LogP contribution >= 0.6 is 15.9 Å². The molecule has 6 heteroatoms. The van der Waals surface area contributed by atoms with Crippen LogP contribution in [-0.2, 0) is 13.1 Å². The minimum atomic E-state index is -0.471. The van der Waals surface area contributed by atoms with Crippen molar-refractivity contribution in [3.63, 3.8) is 0 Å². The molecule has 0 N–H and O–H groups in total. The number of hydrogen-bond donors (Lipinski definition) is 0. The average Bonchev–Trinajstić information content (AvgIpc) is 2.60. The molecule has 0 unspecified atom stereocenters. The largest absolute Gasteiger partial charge is 0.331 e. The van der Waals surface area contributed by atoms with E-state index in [2.05, 4.69) is 15.9 Å². The van der Waals surface area contributed by atoms with Gasteiger partial charge in [0.2, 0.25) is 0 Å². The number of halogens is 1. The number of carbonyl (C=O) groups is 1. The third kappa shape index (κ3) is 2.85. The second-order valence-electron chi connectivity index (χ2n) is 5.37. The molecule has 0 radical (unpaired) electrons. The Bertz CT molecular complexity index is 1040. The molecule has 24 heavy (non-hydrogen) atoms. The molecule has 0 saturated carbocycles. The summed E-state index contributed by atoms with van der Waals surface area (Å²) in [5, 5.41) is 0.409. The Labute approximate surface area is 146 Å². The van der Waals surface area contributed by atoms with Crippen LogP contribution in [0.25, 0.3) is 10.9 Å². The molecule has 1 aromatic heterocycles. The van der Waals surface area contributed by atoms with Crippen LogP contribution in [0, 0.1) is 0 Å². The first-order valence-electron chi connectivity index (χ1n) is 7.54. The van der Waals surface area contributed by atoms with Crippen molar-refractivity contribution in [1.82, 2.24) is 9.13 Å². The fraction of sp³-hybridized carbons (Fsp3) is 0.167. The van der Waals surface area contributed by atoms with Crippen LogP contribution in [0.1, 0.15) is 17.3 Å². The zero-order chi connectivity index (χ0) is 17.3. The van der Waals surface area contributed by atoms with Gasteiger partial charge in [-0.05, 0) is 25.1 Å². The summed E-state index contributed by atoms with van der Waals surface area (Å²) in [7, 11) is 0. The van der Waals surface area contributed by atoms with Gasteiger partial charge >= 0.3 is 5.69 Å². The number of aromatic nitrogens is 2. The summed E-state index contributed by atoms with van der Waals surface area (Å²) in [6.07, 6.45) is 0. The maximum Gasteiger partial charge on any atom is 0.331 e. The van der Waals surface area contributed by atoms with E-state index in [9.17, 15) is 14.4 Å². The molecule has 0 aliphatic heterocycles. The van der Waals surface area contributed by atoms with Crippen molar-refractivity contribution >= 4 is 32.6 Å². The first kappa shape index (κ1) is 16.4. The molecule has 0 fully saturated rings. The number of fused-ring (bicyclic) bond motifs is 1. The predicted molar refractivity (Wildman–Crippen MR) is 96.6 cm³/mol. The van der Waals surface area contributed by atoms with E-state index < -0.39 is 5.69 Å². The van der Waals surface area contributed by atoms with Gasteiger partial charge in [0.1, 0.15) is 0 Å². The molecule has 0 amide bonds. The summed E-state index contributed by atoms with van der Waals surface area (Å²) >= 11 is 3.34. The van der Waals surface area contributed by atoms with E-state index >= 15 is 0 Å². The minimum absolute atomic E-state index is 0.110. The SMILES string of the molecule is CCn1c(=O)c2cc(Br)ccc2n(CC(=O)c2ccccc2)c1=O. The zero-order valence-electron chi connectivity index (χ0n) is 13.0. The van der Waals surface area contributed by atoms with Crippen molar-refractivity contribution in [3.8, 4) is 0 Å². The van der Waals surface area contributed by atoms with E-state index in [1.165, 1.54) is 4.57 Å². The summed E-state index contributed by atoms with van der Waals surface area (Å²) in [4.78, 5) is 37.6. The molecule has 0 aliphatic rings. The van der Waals surface area contributed by atoms with Crippen molar-refractivity contribution in [1.29, 1.82) is 0 Å². The van der Waals surface area contributed by atoms with Gasteiger partial charge in [-0.25, -0.2) is 4.79 Å². The lowest BCUT2D eigenvalue weighted by molar-refractivity contribution is 0.0971. The molecular formula is C18H15BrN2O3. The van der Waals surface area contributed by atoms with E-state index in [0.29, 0.717) is 16.5 Å². The Kier molecular flexibility index (Phi) is 4.49. The summed E-state index contributed by atoms with van der Waals surface area (Å²) in [6.45, 7) is 1.87. The lowest BCUT2D eigenvalue weighted by Crippen LogP contribution is -2.40. The minimum Gasteiger partial charge on any atom is -0.292 e. The Hall–Kier alpha value is -2.47. The molecule has 2 aromatic carbocycles. The molecular weight excluding hydrogens is 372 g/mol. The molecule has 0 spiro atoms. The molecule has 0 atom stereocenters. The van der Waals surface area contributed by atoms with Gasteiger partial charge in [0, 0.05) is 16.6 Å². The molecule has 0 bridgehead atoms. The topological polar surface area (TPSA) is 61.1 Å². The highest BCUT2D eigenvalue weighted by atomic mass is 79.9. The monoisotopic (exact) mass is 386 g/mol. The number of ketones is 1. The van der Waals surface area contributed by atoms with Crippen LogP contribution < -0.4 is 11.2 Å². The van der Waals surface area contributed by atoms with Crippen LogP contribution in [0.3, 0.4) is 0 Å². The molecule has 5 nitrogen and oxygen atoms in total. The molecule has 3 rings (SSSR count). The van der Waals surface area contributed by atoms with Crippen LogP contribution in [0.15, 0.2) is 62.6 Å². The van der Waals surface area contributed by atoms with E-state index in [-0.39, 0.29) is 24.4 Å². The summed E-state index contributed by atoms with van der Waals surface area (Å²) in [5.74, 6) is -0.178. The van der Waals surface area contributed by atoms with Gasteiger partial charge in [-0.15, -0.1) is 0 Å². The second-order valence-corrected chi connectivity index (χ2v) is 6.28. The maximum absolute atomic E-state index is 12.6. The third-order valence-corrected chi connectivity index (χ3v) is 4.39. The molecule has 0 saturated heterocycles. The van der Waals surface area contributed by atoms with E-state index in [4.69, 9.17) is 0 Å². The Morgan fingerprint density at radius 3 is 2.42 bits per heavy atom. The molecule has 1 heterocycles. The van der Waals surface area contributed by atoms with Gasteiger partial charge in [0.05, 0.1) is 17.4 Å². The fourth-order valence-corrected chi connectivity index (χ4v) is 3.05. The van der Waals surface area contributed by atoms with Crippen molar-refractivity contribution in [2.24, 2.45) is 0 Å². The standard InChI is InChI=1S/C18H15BrN2O3/c1-2-20-17(23)14-10-13(19)8-9-15(14)21(18(20)24)11-16(22)12-6-4-3-5-7-12/h3-10H,2,11H2,1H3. The summed E-state index contributed by atoms with van der Waals surface area (Å²) in [5.41, 5.74) is 0.176. The number of Topliss-reactive ketones (excluding diaryl/α,β-unsaturated/α-hetero) is 1. The Balaban J connectivity index is 2.22. The van der Waals surface area contributed by atoms with Crippen molar-refractivity contribution in [2.45, 2.75) is 20.0 Å². The van der Waals surface area contributed by atoms with Crippen LogP contribution in [0.4, 0.5) is 0 Å². The number of carbonyl (C=O) groups excluding carboxylic acids is 1. The maximum atomic E-state index is 12.6. The van der Waals surface area contributed by atoms with Gasteiger partial charge < -0.3 is 0 Å². The first-order valence-corrected chi connectivity index (χ1v) is 8.33. The van der Waals surface area contributed by atoms with E-state index in [1.807, 2.05) is 6.07 Å². The van der Waals surface area contributed by atoms with Gasteiger partial charge in [-0.3, -0.25) is 18.7 Å². The zero-order valence-corrected chi connectivity index (χ0v) is 14.6. The van der Waals surface area contributed by atoms with Crippen molar-refractivity contribution in [2.75, 3.05) is 0 Å².